The number of hydrogen-bond donors (Lipinski definition) is 1. The Morgan fingerprint density at radius 2 is 2.10 bits per heavy atom. The zero-order chi connectivity index (χ0) is 14.2. The van der Waals surface area contributed by atoms with E-state index in [0.29, 0.717) is 5.92 Å². The second-order valence-corrected chi connectivity index (χ2v) is 7.99. The number of thiophene rings is 2. The van der Waals surface area contributed by atoms with Crippen LogP contribution in [0.1, 0.15) is 47.2 Å². The SMILES string of the molecule is NC(CC1CCCc2ccccc21)c1cc2sccc2s1. The molecule has 0 saturated carbocycles. The fraction of sp³-hybridized carbons (Fsp3) is 0.333. The number of benzene rings is 1. The number of hydrogen-bond acceptors (Lipinski definition) is 3. The molecule has 108 valence electrons. The molecule has 0 amide bonds. The second-order valence-electron chi connectivity index (χ2n) is 5.93. The van der Waals surface area contributed by atoms with Crippen molar-refractivity contribution in [2.45, 2.75) is 37.6 Å². The van der Waals surface area contributed by atoms with Crippen LogP contribution in [0.3, 0.4) is 0 Å². The first kappa shape index (κ1) is 13.5. The summed E-state index contributed by atoms with van der Waals surface area (Å²) in [4.78, 5) is 1.35. The summed E-state index contributed by atoms with van der Waals surface area (Å²) in [5, 5.41) is 2.16. The molecule has 1 aromatic carbocycles. The largest absolute Gasteiger partial charge is 0.323 e. The van der Waals surface area contributed by atoms with E-state index in [1.165, 1.54) is 44.7 Å². The number of rotatable bonds is 3. The average molecular weight is 313 g/mol. The van der Waals surface area contributed by atoms with E-state index in [-0.39, 0.29) is 6.04 Å². The lowest BCUT2D eigenvalue weighted by molar-refractivity contribution is 0.479. The van der Waals surface area contributed by atoms with Crippen LogP contribution in [0.25, 0.3) is 9.40 Å². The highest BCUT2D eigenvalue weighted by atomic mass is 32.1. The van der Waals surface area contributed by atoms with Gasteiger partial charge < -0.3 is 5.73 Å². The second kappa shape index (κ2) is 5.56. The van der Waals surface area contributed by atoms with Crippen LogP contribution in [0.2, 0.25) is 0 Å². The molecule has 0 bridgehead atoms. The Kier molecular flexibility index (Phi) is 3.57. The van der Waals surface area contributed by atoms with E-state index in [1.807, 2.05) is 22.7 Å². The van der Waals surface area contributed by atoms with Crippen molar-refractivity contribution in [1.29, 1.82) is 0 Å². The predicted octanol–water partition coefficient (Wildman–Crippen LogP) is 5.47. The minimum Gasteiger partial charge on any atom is -0.323 e. The molecule has 0 fully saturated rings. The summed E-state index contributed by atoms with van der Waals surface area (Å²) < 4.78 is 2.77. The van der Waals surface area contributed by atoms with E-state index in [0.717, 1.165) is 6.42 Å². The van der Waals surface area contributed by atoms with Gasteiger partial charge in [0.05, 0.1) is 0 Å². The molecule has 2 unspecified atom stereocenters. The Labute approximate surface area is 133 Å². The van der Waals surface area contributed by atoms with Crippen molar-refractivity contribution in [3.63, 3.8) is 0 Å². The van der Waals surface area contributed by atoms with Gasteiger partial charge in [-0.25, -0.2) is 0 Å². The Morgan fingerprint density at radius 1 is 1.19 bits per heavy atom. The van der Waals surface area contributed by atoms with Crippen LogP contribution in [0.5, 0.6) is 0 Å². The minimum atomic E-state index is 0.172. The number of fused-ring (bicyclic) bond motifs is 2. The fourth-order valence-electron chi connectivity index (χ4n) is 3.49. The van der Waals surface area contributed by atoms with Gasteiger partial charge in [-0.3, -0.25) is 0 Å². The van der Waals surface area contributed by atoms with E-state index >= 15 is 0 Å². The molecule has 2 atom stereocenters. The molecule has 4 rings (SSSR count). The maximum absolute atomic E-state index is 6.52. The maximum Gasteiger partial charge on any atom is 0.0454 e. The molecule has 2 aromatic heterocycles. The molecule has 0 spiro atoms. The van der Waals surface area contributed by atoms with Crippen molar-refractivity contribution in [2.24, 2.45) is 5.73 Å². The summed E-state index contributed by atoms with van der Waals surface area (Å²) >= 11 is 3.68. The van der Waals surface area contributed by atoms with Gasteiger partial charge in [0.1, 0.15) is 0 Å². The molecule has 2 heterocycles. The molecule has 0 aliphatic heterocycles. The first-order chi connectivity index (χ1) is 10.3. The van der Waals surface area contributed by atoms with Crippen LogP contribution in [-0.4, -0.2) is 0 Å². The van der Waals surface area contributed by atoms with Gasteiger partial charge in [0, 0.05) is 20.3 Å². The van der Waals surface area contributed by atoms with Gasteiger partial charge in [0.25, 0.3) is 0 Å². The Bertz CT molecular complexity index is 727. The van der Waals surface area contributed by atoms with Gasteiger partial charge in [0.2, 0.25) is 0 Å². The molecule has 2 N–H and O–H groups in total. The molecule has 0 saturated heterocycles. The highest BCUT2D eigenvalue weighted by molar-refractivity contribution is 7.26. The molecule has 3 aromatic rings. The van der Waals surface area contributed by atoms with Crippen LogP contribution in [-0.2, 0) is 6.42 Å². The number of nitrogens with two attached hydrogens (primary N) is 1. The highest BCUT2D eigenvalue weighted by Gasteiger charge is 2.23. The molecule has 1 aliphatic rings. The average Bonchev–Trinajstić information content (AvgIpc) is 3.09. The van der Waals surface area contributed by atoms with Crippen molar-refractivity contribution in [2.75, 3.05) is 0 Å². The van der Waals surface area contributed by atoms with Gasteiger partial charge >= 0.3 is 0 Å². The Balaban J connectivity index is 1.57. The van der Waals surface area contributed by atoms with Crippen molar-refractivity contribution in [1.82, 2.24) is 0 Å². The van der Waals surface area contributed by atoms with E-state index in [1.54, 1.807) is 0 Å². The van der Waals surface area contributed by atoms with Gasteiger partial charge in [0.15, 0.2) is 0 Å². The highest BCUT2D eigenvalue weighted by Crippen LogP contribution is 2.40. The van der Waals surface area contributed by atoms with E-state index in [2.05, 4.69) is 41.8 Å². The lowest BCUT2D eigenvalue weighted by atomic mass is 9.79. The minimum absolute atomic E-state index is 0.172. The van der Waals surface area contributed by atoms with Crippen molar-refractivity contribution >= 4 is 32.1 Å². The molecule has 21 heavy (non-hydrogen) atoms. The van der Waals surface area contributed by atoms with E-state index in [4.69, 9.17) is 5.73 Å². The predicted molar refractivity (Wildman–Crippen MR) is 93.4 cm³/mol. The van der Waals surface area contributed by atoms with Crippen LogP contribution in [0, 0.1) is 0 Å². The van der Waals surface area contributed by atoms with Crippen LogP contribution in [0.15, 0.2) is 41.8 Å². The molecular weight excluding hydrogens is 294 g/mol. The summed E-state index contributed by atoms with van der Waals surface area (Å²) in [5.41, 5.74) is 9.60. The quantitative estimate of drug-likeness (QED) is 0.681. The standard InChI is InChI=1S/C18H19NS2/c19-15(17-11-18-16(21-17)8-9-20-18)10-13-6-3-5-12-4-1-2-7-14(12)13/h1-2,4,7-9,11,13,15H,3,5-6,10,19H2. The summed E-state index contributed by atoms with van der Waals surface area (Å²) in [7, 11) is 0. The fourth-order valence-corrected chi connectivity index (χ4v) is 5.62. The van der Waals surface area contributed by atoms with Gasteiger partial charge in [-0.2, -0.15) is 0 Å². The number of aryl methyl sites for hydroxylation is 1. The van der Waals surface area contributed by atoms with Crippen molar-refractivity contribution < 1.29 is 0 Å². The monoisotopic (exact) mass is 313 g/mol. The van der Waals surface area contributed by atoms with Crippen LogP contribution >= 0.6 is 22.7 Å². The summed E-state index contributed by atoms with van der Waals surface area (Å²) in [6.45, 7) is 0. The normalized spacial score (nSPS) is 19.6. The van der Waals surface area contributed by atoms with Gasteiger partial charge in [-0.05, 0) is 60.2 Å². The zero-order valence-corrected chi connectivity index (χ0v) is 13.6. The lowest BCUT2D eigenvalue weighted by Gasteiger charge is -2.27. The molecule has 3 heteroatoms. The van der Waals surface area contributed by atoms with Crippen molar-refractivity contribution in [3.05, 3.63) is 57.8 Å². The topological polar surface area (TPSA) is 26.0 Å². The smallest absolute Gasteiger partial charge is 0.0454 e. The third-order valence-electron chi connectivity index (χ3n) is 4.56. The third kappa shape index (κ3) is 2.54. The Morgan fingerprint density at radius 3 is 3.00 bits per heavy atom. The van der Waals surface area contributed by atoms with Crippen LogP contribution in [0.4, 0.5) is 0 Å². The van der Waals surface area contributed by atoms with Crippen LogP contribution < -0.4 is 5.73 Å². The lowest BCUT2D eigenvalue weighted by Crippen LogP contribution is -2.17. The van der Waals surface area contributed by atoms with Gasteiger partial charge in [-0.1, -0.05) is 24.3 Å². The Hall–Kier alpha value is -1.16. The zero-order valence-electron chi connectivity index (χ0n) is 11.9. The first-order valence-corrected chi connectivity index (χ1v) is 9.31. The molecular formula is C18H19NS2. The molecule has 0 radical (unpaired) electrons. The summed E-state index contributed by atoms with van der Waals surface area (Å²) in [6.07, 6.45) is 4.89. The van der Waals surface area contributed by atoms with Crippen molar-refractivity contribution in [3.8, 4) is 0 Å². The first-order valence-electron chi connectivity index (χ1n) is 7.61. The maximum atomic E-state index is 6.52. The van der Waals surface area contributed by atoms with E-state index < -0.39 is 0 Å². The molecule has 1 nitrogen and oxygen atoms in total. The summed E-state index contributed by atoms with van der Waals surface area (Å²) in [5.74, 6) is 0.630. The summed E-state index contributed by atoms with van der Waals surface area (Å²) in [6, 6.07) is 13.6. The molecule has 1 aliphatic carbocycles. The van der Waals surface area contributed by atoms with E-state index in [9.17, 15) is 0 Å². The van der Waals surface area contributed by atoms with Gasteiger partial charge in [-0.15, -0.1) is 22.7 Å². The third-order valence-corrected chi connectivity index (χ3v) is 6.78.